The summed E-state index contributed by atoms with van der Waals surface area (Å²) in [6, 6.07) is 3.98. The molecule has 3 nitrogen and oxygen atoms in total. The molecule has 3 rings (SSSR count). The molecule has 6 heteroatoms. The number of hydrogen-bond donors (Lipinski definition) is 2. The van der Waals surface area contributed by atoms with Gasteiger partial charge in [0.1, 0.15) is 11.6 Å². The van der Waals surface area contributed by atoms with Crippen LogP contribution in [0, 0.1) is 17.6 Å². The van der Waals surface area contributed by atoms with Gasteiger partial charge in [0.2, 0.25) is 5.91 Å². The minimum absolute atomic E-state index is 0. The first-order chi connectivity index (χ1) is 9.16. The van der Waals surface area contributed by atoms with Crippen LogP contribution in [0.5, 0.6) is 0 Å². The number of amides is 1. The Labute approximate surface area is 122 Å². The smallest absolute Gasteiger partial charge is 0.224 e. The molecule has 2 fully saturated rings. The van der Waals surface area contributed by atoms with Crippen molar-refractivity contribution >= 4 is 18.3 Å². The van der Waals surface area contributed by atoms with Crippen LogP contribution in [0.4, 0.5) is 8.78 Å². The SMILES string of the molecule is Cl.O=C(NC1CCNC1)C1CC1c1c(F)cccc1F. The highest BCUT2D eigenvalue weighted by Crippen LogP contribution is 2.49. The molecule has 1 aromatic carbocycles. The fourth-order valence-corrected chi connectivity index (χ4v) is 2.75. The van der Waals surface area contributed by atoms with Gasteiger partial charge in [-0.15, -0.1) is 12.4 Å². The van der Waals surface area contributed by atoms with Crippen LogP contribution in [0.2, 0.25) is 0 Å². The minimum Gasteiger partial charge on any atom is -0.352 e. The van der Waals surface area contributed by atoms with Crippen molar-refractivity contribution < 1.29 is 13.6 Å². The number of rotatable bonds is 3. The summed E-state index contributed by atoms with van der Waals surface area (Å²) in [5, 5.41) is 6.10. The van der Waals surface area contributed by atoms with Crippen LogP contribution in [0.1, 0.15) is 24.3 Å². The van der Waals surface area contributed by atoms with Crippen molar-refractivity contribution in [3.05, 3.63) is 35.4 Å². The topological polar surface area (TPSA) is 41.1 Å². The van der Waals surface area contributed by atoms with Crippen molar-refractivity contribution in [2.75, 3.05) is 13.1 Å². The maximum atomic E-state index is 13.6. The fraction of sp³-hybridized carbons (Fsp3) is 0.500. The quantitative estimate of drug-likeness (QED) is 0.896. The van der Waals surface area contributed by atoms with Crippen LogP contribution in [0.3, 0.4) is 0 Å². The van der Waals surface area contributed by atoms with E-state index < -0.39 is 11.6 Å². The largest absolute Gasteiger partial charge is 0.352 e. The zero-order chi connectivity index (χ0) is 13.4. The first kappa shape index (κ1) is 15.2. The monoisotopic (exact) mass is 302 g/mol. The van der Waals surface area contributed by atoms with Gasteiger partial charge in [-0.3, -0.25) is 4.79 Å². The van der Waals surface area contributed by atoms with Crippen molar-refractivity contribution in [3.63, 3.8) is 0 Å². The van der Waals surface area contributed by atoms with Crippen molar-refractivity contribution in [3.8, 4) is 0 Å². The van der Waals surface area contributed by atoms with E-state index >= 15 is 0 Å². The number of carbonyl (C=O) groups excluding carboxylic acids is 1. The van der Waals surface area contributed by atoms with Gasteiger partial charge in [-0.2, -0.15) is 0 Å². The summed E-state index contributed by atoms with van der Waals surface area (Å²) in [4.78, 5) is 12.0. The molecule has 1 amide bonds. The zero-order valence-electron chi connectivity index (χ0n) is 10.9. The lowest BCUT2D eigenvalue weighted by Gasteiger charge is -2.11. The zero-order valence-corrected chi connectivity index (χ0v) is 11.7. The third kappa shape index (κ3) is 2.94. The van der Waals surface area contributed by atoms with E-state index in [9.17, 15) is 13.6 Å². The maximum Gasteiger partial charge on any atom is 0.224 e. The van der Waals surface area contributed by atoms with Gasteiger partial charge in [-0.25, -0.2) is 8.78 Å². The van der Waals surface area contributed by atoms with Crippen LogP contribution in [-0.4, -0.2) is 25.0 Å². The standard InChI is InChI=1S/C14H16F2N2O.ClH/c15-11-2-1-3-12(16)13(11)9-6-10(9)14(19)18-8-4-5-17-7-8;/h1-3,8-10,17H,4-7H2,(H,18,19);1H. The van der Waals surface area contributed by atoms with E-state index in [1.807, 2.05) is 0 Å². The second-order valence-corrected chi connectivity index (χ2v) is 5.28. The lowest BCUT2D eigenvalue weighted by molar-refractivity contribution is -0.123. The Morgan fingerprint density at radius 1 is 1.30 bits per heavy atom. The molecule has 20 heavy (non-hydrogen) atoms. The Morgan fingerprint density at radius 2 is 2.00 bits per heavy atom. The van der Waals surface area contributed by atoms with Crippen LogP contribution in [-0.2, 0) is 4.79 Å². The molecule has 2 aliphatic rings. The van der Waals surface area contributed by atoms with Crippen LogP contribution in [0.15, 0.2) is 18.2 Å². The molecule has 0 aromatic heterocycles. The summed E-state index contributed by atoms with van der Waals surface area (Å²) < 4.78 is 27.2. The lowest BCUT2D eigenvalue weighted by Crippen LogP contribution is -2.37. The van der Waals surface area contributed by atoms with E-state index in [0.29, 0.717) is 6.42 Å². The molecular formula is C14H17ClF2N2O. The van der Waals surface area contributed by atoms with Crippen LogP contribution < -0.4 is 10.6 Å². The average Bonchev–Trinajstić information content (AvgIpc) is 2.98. The van der Waals surface area contributed by atoms with Crippen molar-refractivity contribution in [1.82, 2.24) is 10.6 Å². The third-order valence-electron chi connectivity index (χ3n) is 3.90. The van der Waals surface area contributed by atoms with Gasteiger partial charge in [0.15, 0.2) is 0 Å². The van der Waals surface area contributed by atoms with Gasteiger partial charge in [-0.05, 0) is 31.5 Å². The third-order valence-corrected chi connectivity index (χ3v) is 3.90. The van der Waals surface area contributed by atoms with Gasteiger partial charge in [-0.1, -0.05) is 6.07 Å². The van der Waals surface area contributed by atoms with Gasteiger partial charge in [0.25, 0.3) is 0 Å². The van der Waals surface area contributed by atoms with E-state index in [1.165, 1.54) is 18.2 Å². The molecule has 3 unspecified atom stereocenters. The Kier molecular flexibility index (Phi) is 4.60. The molecule has 0 radical (unpaired) electrons. The Bertz CT molecular complexity index is 486. The molecule has 1 aliphatic heterocycles. The highest BCUT2D eigenvalue weighted by molar-refractivity contribution is 5.85. The van der Waals surface area contributed by atoms with Gasteiger partial charge < -0.3 is 10.6 Å². The van der Waals surface area contributed by atoms with Crippen LogP contribution in [0.25, 0.3) is 0 Å². The second kappa shape index (κ2) is 6.06. The molecular weight excluding hydrogens is 286 g/mol. The average molecular weight is 303 g/mol. The number of halogens is 3. The Morgan fingerprint density at radius 3 is 2.60 bits per heavy atom. The predicted octanol–water partition coefficient (Wildman–Crippen LogP) is 1.97. The van der Waals surface area contributed by atoms with Gasteiger partial charge in [0.05, 0.1) is 0 Å². The van der Waals surface area contributed by atoms with E-state index in [1.54, 1.807) is 0 Å². The highest BCUT2D eigenvalue weighted by atomic mass is 35.5. The molecule has 0 bridgehead atoms. The Hall–Kier alpha value is -1.20. The predicted molar refractivity (Wildman–Crippen MR) is 73.9 cm³/mol. The van der Waals surface area contributed by atoms with Gasteiger partial charge in [0, 0.05) is 30.0 Å². The van der Waals surface area contributed by atoms with Crippen molar-refractivity contribution in [2.24, 2.45) is 5.92 Å². The number of hydrogen-bond acceptors (Lipinski definition) is 2. The van der Waals surface area contributed by atoms with E-state index in [2.05, 4.69) is 10.6 Å². The van der Waals surface area contributed by atoms with E-state index in [-0.39, 0.29) is 41.8 Å². The molecule has 1 saturated carbocycles. The summed E-state index contributed by atoms with van der Waals surface area (Å²) in [5.74, 6) is -1.78. The first-order valence-electron chi connectivity index (χ1n) is 6.62. The molecule has 1 aromatic rings. The molecule has 110 valence electrons. The number of nitrogens with one attached hydrogen (secondary N) is 2. The molecule has 0 spiro atoms. The first-order valence-corrected chi connectivity index (χ1v) is 6.62. The van der Waals surface area contributed by atoms with E-state index in [0.717, 1.165) is 19.5 Å². The van der Waals surface area contributed by atoms with Crippen LogP contribution >= 0.6 is 12.4 Å². The summed E-state index contributed by atoms with van der Waals surface area (Å²) in [6.07, 6.45) is 1.45. The normalized spacial score (nSPS) is 27.8. The minimum atomic E-state index is -0.553. The number of carbonyl (C=O) groups is 1. The summed E-state index contributed by atoms with van der Waals surface area (Å²) >= 11 is 0. The van der Waals surface area contributed by atoms with Gasteiger partial charge >= 0.3 is 0 Å². The summed E-state index contributed by atoms with van der Waals surface area (Å²) in [7, 11) is 0. The van der Waals surface area contributed by atoms with E-state index in [4.69, 9.17) is 0 Å². The Balaban J connectivity index is 0.00000147. The molecule has 1 aliphatic carbocycles. The molecule has 1 saturated heterocycles. The lowest BCUT2D eigenvalue weighted by atomic mass is 10.1. The molecule has 2 N–H and O–H groups in total. The summed E-state index contributed by atoms with van der Waals surface area (Å²) in [6.45, 7) is 1.68. The second-order valence-electron chi connectivity index (χ2n) is 5.28. The van der Waals surface area contributed by atoms with Crippen molar-refractivity contribution in [2.45, 2.75) is 24.8 Å². The number of benzene rings is 1. The summed E-state index contributed by atoms with van der Waals surface area (Å²) in [5.41, 5.74) is 0.0622. The highest BCUT2D eigenvalue weighted by Gasteiger charge is 2.47. The maximum absolute atomic E-state index is 13.6. The fourth-order valence-electron chi connectivity index (χ4n) is 2.75. The molecule has 3 atom stereocenters. The van der Waals surface area contributed by atoms with Crippen molar-refractivity contribution in [1.29, 1.82) is 0 Å². The molecule has 1 heterocycles.